The Bertz CT molecular complexity index is 802. The number of sulfone groups is 1. The fourth-order valence-corrected chi connectivity index (χ4v) is 4.93. The van der Waals surface area contributed by atoms with Crippen molar-refractivity contribution in [3.05, 3.63) is 66.2 Å². The third kappa shape index (κ3) is 3.77. The molecule has 2 unspecified atom stereocenters. The van der Waals surface area contributed by atoms with Gasteiger partial charge in [0.25, 0.3) is 0 Å². The second kappa shape index (κ2) is 6.88. The molecule has 6 heteroatoms. The highest BCUT2D eigenvalue weighted by atomic mass is 32.2. The largest absolute Gasteiger partial charge is 0.389 e. The van der Waals surface area contributed by atoms with Gasteiger partial charge in [-0.25, -0.2) is 8.42 Å². The summed E-state index contributed by atoms with van der Waals surface area (Å²) in [6.07, 6.45) is -1.98. The van der Waals surface area contributed by atoms with Crippen LogP contribution in [0, 0.1) is 0 Å². The molecule has 25 heavy (non-hydrogen) atoms. The fraction of sp³-hybridized carbons (Fsp3) is 0.368. The smallest absolute Gasteiger partial charge is 0.188 e. The van der Waals surface area contributed by atoms with Crippen molar-refractivity contribution in [2.75, 3.05) is 6.61 Å². The number of rotatable bonds is 5. The van der Waals surface area contributed by atoms with Crippen LogP contribution in [0.15, 0.2) is 65.6 Å². The van der Waals surface area contributed by atoms with Gasteiger partial charge in [0.2, 0.25) is 0 Å². The first-order valence-corrected chi connectivity index (χ1v) is 9.70. The van der Waals surface area contributed by atoms with Gasteiger partial charge in [-0.05, 0) is 31.5 Å². The average molecular weight is 362 g/mol. The number of aliphatic hydroxyl groups is 1. The summed E-state index contributed by atoms with van der Waals surface area (Å²) in [7, 11) is -3.81. The van der Waals surface area contributed by atoms with E-state index in [1.807, 2.05) is 0 Å². The molecular weight excluding hydrogens is 340 g/mol. The average Bonchev–Trinajstić information content (AvgIpc) is 2.96. The molecule has 3 atom stereocenters. The minimum Gasteiger partial charge on any atom is -0.389 e. The number of hydrogen-bond donors (Lipinski definition) is 1. The van der Waals surface area contributed by atoms with E-state index in [2.05, 4.69) is 0 Å². The topological polar surface area (TPSA) is 72.8 Å². The molecule has 2 aromatic carbocycles. The zero-order chi connectivity index (χ0) is 18.1. The Labute approximate surface area is 148 Å². The van der Waals surface area contributed by atoms with Crippen LogP contribution in [0.5, 0.6) is 0 Å². The van der Waals surface area contributed by atoms with E-state index in [1.165, 1.54) is 12.1 Å². The standard InChI is InChI=1S/C19H22O5S/c1-19(2)23-13-16(24-19)17(20)18(14-9-5-3-6-10-14)25(21,22)15-11-7-4-8-12-15/h3-12,16-18,20H,13H2,1-2H3/t16-,17?,18?/m1/s1. The molecule has 1 heterocycles. The van der Waals surface area contributed by atoms with Gasteiger partial charge >= 0.3 is 0 Å². The maximum Gasteiger partial charge on any atom is 0.188 e. The van der Waals surface area contributed by atoms with Crippen molar-refractivity contribution in [3.8, 4) is 0 Å². The summed E-state index contributed by atoms with van der Waals surface area (Å²) >= 11 is 0. The van der Waals surface area contributed by atoms with Gasteiger partial charge in [0.05, 0.1) is 11.5 Å². The van der Waals surface area contributed by atoms with Crippen LogP contribution in [0.1, 0.15) is 24.7 Å². The van der Waals surface area contributed by atoms with Crippen LogP contribution in [0.2, 0.25) is 0 Å². The molecule has 1 saturated heterocycles. The number of aliphatic hydroxyl groups excluding tert-OH is 1. The van der Waals surface area contributed by atoms with Crippen LogP contribution in [-0.4, -0.2) is 38.1 Å². The van der Waals surface area contributed by atoms with Crippen molar-refractivity contribution in [1.82, 2.24) is 0 Å². The zero-order valence-electron chi connectivity index (χ0n) is 14.2. The quantitative estimate of drug-likeness (QED) is 0.885. The molecule has 1 aliphatic heterocycles. The molecule has 3 rings (SSSR count). The van der Waals surface area contributed by atoms with Crippen molar-refractivity contribution >= 4 is 9.84 Å². The first-order chi connectivity index (χ1) is 11.8. The summed E-state index contributed by atoms with van der Waals surface area (Å²) in [6.45, 7) is 3.62. The van der Waals surface area contributed by atoms with E-state index in [4.69, 9.17) is 9.47 Å². The van der Waals surface area contributed by atoms with E-state index in [0.29, 0.717) is 5.56 Å². The van der Waals surface area contributed by atoms with E-state index in [9.17, 15) is 13.5 Å². The van der Waals surface area contributed by atoms with Crippen LogP contribution in [0.3, 0.4) is 0 Å². The Morgan fingerprint density at radius 1 is 1.04 bits per heavy atom. The number of ether oxygens (including phenoxy) is 2. The second-order valence-corrected chi connectivity index (χ2v) is 8.62. The van der Waals surface area contributed by atoms with Gasteiger partial charge in [-0.3, -0.25) is 0 Å². The predicted octanol–water partition coefficient (Wildman–Crippen LogP) is 2.71. The normalized spacial score (nSPS) is 22.4. The van der Waals surface area contributed by atoms with Crippen LogP contribution < -0.4 is 0 Å². The molecule has 1 aliphatic rings. The predicted molar refractivity (Wildman–Crippen MR) is 93.7 cm³/mol. The van der Waals surface area contributed by atoms with Crippen molar-refractivity contribution in [2.24, 2.45) is 0 Å². The van der Waals surface area contributed by atoms with Gasteiger partial charge in [-0.2, -0.15) is 0 Å². The summed E-state index contributed by atoms with van der Waals surface area (Å²) in [6, 6.07) is 16.9. The van der Waals surface area contributed by atoms with Crippen LogP contribution in [-0.2, 0) is 19.3 Å². The lowest BCUT2D eigenvalue weighted by molar-refractivity contribution is -0.151. The van der Waals surface area contributed by atoms with Gasteiger partial charge in [0.1, 0.15) is 17.5 Å². The second-order valence-electron chi connectivity index (χ2n) is 6.55. The molecule has 1 N–H and O–H groups in total. The monoisotopic (exact) mass is 362 g/mol. The highest BCUT2D eigenvalue weighted by molar-refractivity contribution is 7.91. The molecular formula is C19H22O5S. The lowest BCUT2D eigenvalue weighted by atomic mass is 10.0. The molecule has 2 aromatic rings. The third-order valence-corrected chi connectivity index (χ3v) is 6.40. The van der Waals surface area contributed by atoms with E-state index in [1.54, 1.807) is 62.4 Å². The minimum atomic E-state index is -3.81. The molecule has 5 nitrogen and oxygen atoms in total. The summed E-state index contributed by atoms with van der Waals surface area (Å²) in [4.78, 5) is 0.168. The van der Waals surface area contributed by atoms with Crippen LogP contribution >= 0.6 is 0 Å². The van der Waals surface area contributed by atoms with Crippen LogP contribution in [0.25, 0.3) is 0 Å². The summed E-state index contributed by atoms with van der Waals surface area (Å²) in [5.41, 5.74) is 0.521. The molecule has 0 amide bonds. The van der Waals surface area contributed by atoms with E-state index >= 15 is 0 Å². The van der Waals surface area contributed by atoms with E-state index in [0.717, 1.165) is 0 Å². The highest BCUT2D eigenvalue weighted by Gasteiger charge is 2.45. The Kier molecular flexibility index (Phi) is 4.97. The Morgan fingerprint density at radius 3 is 2.12 bits per heavy atom. The van der Waals surface area contributed by atoms with E-state index in [-0.39, 0.29) is 11.5 Å². The lowest BCUT2D eigenvalue weighted by Gasteiger charge is -2.28. The molecule has 0 radical (unpaired) electrons. The summed E-state index contributed by atoms with van der Waals surface area (Å²) in [5, 5.41) is 9.77. The minimum absolute atomic E-state index is 0.141. The highest BCUT2D eigenvalue weighted by Crippen LogP contribution is 2.36. The van der Waals surface area contributed by atoms with Crippen molar-refractivity contribution in [3.63, 3.8) is 0 Å². The zero-order valence-corrected chi connectivity index (χ0v) is 15.0. The van der Waals surface area contributed by atoms with Crippen molar-refractivity contribution in [2.45, 2.75) is 42.0 Å². The molecule has 0 saturated carbocycles. The Balaban J connectivity index is 2.02. The fourth-order valence-electron chi connectivity index (χ4n) is 3.04. The van der Waals surface area contributed by atoms with E-state index < -0.39 is 33.1 Å². The molecule has 0 aromatic heterocycles. The summed E-state index contributed by atoms with van der Waals surface area (Å²) < 4.78 is 37.7. The molecule has 1 fully saturated rings. The van der Waals surface area contributed by atoms with Gasteiger partial charge in [-0.15, -0.1) is 0 Å². The van der Waals surface area contributed by atoms with Crippen molar-refractivity contribution in [1.29, 1.82) is 0 Å². The SMILES string of the molecule is CC1(C)OC[C@H](C(O)C(c2ccccc2)S(=O)(=O)c2ccccc2)O1. The summed E-state index contributed by atoms with van der Waals surface area (Å²) in [5.74, 6) is -0.844. The number of benzene rings is 2. The van der Waals surface area contributed by atoms with Crippen LogP contribution in [0.4, 0.5) is 0 Å². The molecule has 0 spiro atoms. The maximum atomic E-state index is 13.2. The molecule has 134 valence electrons. The van der Waals surface area contributed by atoms with Crippen molar-refractivity contribution < 1.29 is 23.0 Å². The van der Waals surface area contributed by atoms with Gasteiger partial charge < -0.3 is 14.6 Å². The van der Waals surface area contributed by atoms with Gasteiger partial charge in [0.15, 0.2) is 15.6 Å². The number of hydrogen-bond acceptors (Lipinski definition) is 5. The first kappa shape index (κ1) is 18.1. The van der Waals surface area contributed by atoms with Gasteiger partial charge in [0, 0.05) is 0 Å². The lowest BCUT2D eigenvalue weighted by Crippen LogP contribution is -2.38. The Hall–Kier alpha value is -1.73. The molecule has 0 aliphatic carbocycles. The Morgan fingerprint density at radius 2 is 1.60 bits per heavy atom. The maximum absolute atomic E-state index is 13.2. The molecule has 0 bridgehead atoms. The van der Waals surface area contributed by atoms with Gasteiger partial charge in [-0.1, -0.05) is 48.5 Å². The first-order valence-electron chi connectivity index (χ1n) is 8.15. The third-order valence-electron chi connectivity index (χ3n) is 4.26.